The normalized spacial score (nSPS) is 25.4. The molecule has 27 heavy (non-hydrogen) atoms. The van der Waals surface area contributed by atoms with Crippen molar-refractivity contribution in [3.63, 3.8) is 0 Å². The summed E-state index contributed by atoms with van der Waals surface area (Å²) in [6.07, 6.45) is 2.51. The van der Waals surface area contributed by atoms with Crippen LogP contribution in [0.25, 0.3) is 0 Å². The number of anilines is 1. The number of carbonyl (C=O) groups excluding carboxylic acids is 3. The van der Waals surface area contributed by atoms with Gasteiger partial charge in [0.1, 0.15) is 11.5 Å². The molecule has 0 aliphatic heterocycles. The van der Waals surface area contributed by atoms with E-state index in [0.29, 0.717) is 12.8 Å². The van der Waals surface area contributed by atoms with Crippen LogP contribution in [0, 0.1) is 27.9 Å². The Hall–Kier alpha value is -2.77. The van der Waals surface area contributed by atoms with E-state index in [1.807, 2.05) is 0 Å². The summed E-state index contributed by atoms with van der Waals surface area (Å²) in [6.45, 7) is 1.43. The van der Waals surface area contributed by atoms with E-state index in [0.717, 1.165) is 19.3 Å². The molecule has 0 saturated heterocycles. The van der Waals surface area contributed by atoms with Crippen LogP contribution in [-0.2, 0) is 19.1 Å². The maximum atomic E-state index is 12.5. The van der Waals surface area contributed by atoms with Gasteiger partial charge in [0, 0.05) is 17.9 Å². The average molecular weight is 374 g/mol. The number of Topliss-reactive ketones (excluding diaryl/α,β-unsaturated/α-hetero) is 1. The molecule has 1 aromatic carbocycles. The number of ketones is 1. The fraction of sp³-hybridized carbons (Fsp3) is 0.526. The van der Waals surface area contributed by atoms with Gasteiger partial charge in [-0.2, -0.15) is 0 Å². The van der Waals surface area contributed by atoms with Crippen molar-refractivity contribution in [2.75, 3.05) is 5.32 Å². The number of nitro benzene ring substituents is 1. The number of para-hydroxylation sites is 2. The molecule has 0 unspecified atom stereocenters. The third kappa shape index (κ3) is 4.15. The molecule has 2 aliphatic rings. The van der Waals surface area contributed by atoms with Crippen molar-refractivity contribution in [3.05, 3.63) is 34.4 Å². The zero-order valence-electron chi connectivity index (χ0n) is 15.1. The van der Waals surface area contributed by atoms with E-state index in [-0.39, 0.29) is 34.9 Å². The molecule has 2 bridgehead atoms. The van der Waals surface area contributed by atoms with Crippen molar-refractivity contribution in [2.24, 2.45) is 17.8 Å². The van der Waals surface area contributed by atoms with E-state index in [2.05, 4.69) is 5.32 Å². The Balaban J connectivity index is 1.59. The number of ether oxygens (including phenoxy) is 1. The van der Waals surface area contributed by atoms with Crippen LogP contribution in [0.2, 0.25) is 0 Å². The average Bonchev–Trinajstić information content (AvgIpc) is 2.61. The van der Waals surface area contributed by atoms with E-state index < -0.39 is 22.9 Å². The highest BCUT2D eigenvalue weighted by molar-refractivity contribution is 5.97. The van der Waals surface area contributed by atoms with E-state index in [4.69, 9.17) is 4.74 Å². The minimum absolute atomic E-state index is 0.0493. The van der Waals surface area contributed by atoms with Gasteiger partial charge in [-0.1, -0.05) is 18.6 Å². The van der Waals surface area contributed by atoms with Gasteiger partial charge in [0.2, 0.25) is 0 Å². The maximum Gasteiger partial charge on any atom is 0.309 e. The Morgan fingerprint density at radius 3 is 2.48 bits per heavy atom. The molecule has 2 saturated carbocycles. The van der Waals surface area contributed by atoms with Gasteiger partial charge in [-0.25, -0.2) is 0 Å². The number of hydrogen-bond donors (Lipinski definition) is 1. The number of hydrogen-bond acceptors (Lipinski definition) is 6. The molecule has 3 atom stereocenters. The summed E-state index contributed by atoms with van der Waals surface area (Å²) in [5.74, 6) is -1.39. The summed E-state index contributed by atoms with van der Waals surface area (Å²) in [4.78, 5) is 47.3. The highest BCUT2D eigenvalue weighted by atomic mass is 16.6. The van der Waals surface area contributed by atoms with Crippen molar-refractivity contribution in [1.29, 1.82) is 0 Å². The van der Waals surface area contributed by atoms with E-state index in [9.17, 15) is 24.5 Å². The summed E-state index contributed by atoms with van der Waals surface area (Å²) in [5, 5.41) is 13.5. The Labute approximate surface area is 156 Å². The summed E-state index contributed by atoms with van der Waals surface area (Å²) in [7, 11) is 0. The quantitative estimate of drug-likeness (QED) is 0.481. The van der Waals surface area contributed by atoms with Gasteiger partial charge in [-0.3, -0.25) is 24.5 Å². The lowest BCUT2D eigenvalue weighted by Gasteiger charge is -2.36. The van der Waals surface area contributed by atoms with Crippen LogP contribution in [0.4, 0.5) is 11.4 Å². The number of nitrogens with one attached hydrogen (secondary N) is 1. The molecule has 8 nitrogen and oxygen atoms in total. The molecule has 1 N–H and O–H groups in total. The van der Waals surface area contributed by atoms with E-state index in [1.165, 1.54) is 25.1 Å². The summed E-state index contributed by atoms with van der Waals surface area (Å²) < 4.78 is 5.29. The lowest BCUT2D eigenvalue weighted by Crippen LogP contribution is -2.41. The number of nitro groups is 1. The van der Waals surface area contributed by atoms with E-state index in [1.54, 1.807) is 6.07 Å². The first-order chi connectivity index (χ1) is 12.9. The smallest absolute Gasteiger partial charge is 0.309 e. The molecule has 1 aromatic rings. The number of rotatable bonds is 5. The van der Waals surface area contributed by atoms with Crippen LogP contribution in [0.1, 0.15) is 39.0 Å². The highest BCUT2D eigenvalue weighted by Gasteiger charge is 2.42. The molecule has 0 radical (unpaired) electrons. The maximum absolute atomic E-state index is 12.5. The fourth-order valence-corrected chi connectivity index (χ4v) is 3.97. The molecule has 0 heterocycles. The zero-order chi connectivity index (χ0) is 19.6. The van der Waals surface area contributed by atoms with Crippen molar-refractivity contribution in [3.8, 4) is 0 Å². The summed E-state index contributed by atoms with van der Waals surface area (Å²) in [6, 6.07) is 5.76. The Morgan fingerprint density at radius 1 is 1.22 bits per heavy atom. The predicted octanol–water partition coefficient (Wildman–Crippen LogP) is 2.86. The molecule has 8 heteroatoms. The topological polar surface area (TPSA) is 116 Å². The van der Waals surface area contributed by atoms with Crippen LogP contribution >= 0.6 is 0 Å². The van der Waals surface area contributed by atoms with Crippen LogP contribution in [0.15, 0.2) is 24.3 Å². The van der Waals surface area contributed by atoms with Gasteiger partial charge in [-0.05, 0) is 38.7 Å². The molecule has 2 fully saturated rings. The van der Waals surface area contributed by atoms with Crippen molar-refractivity contribution in [1.82, 2.24) is 0 Å². The van der Waals surface area contributed by atoms with Crippen LogP contribution in [0.5, 0.6) is 0 Å². The van der Waals surface area contributed by atoms with Gasteiger partial charge in [-0.15, -0.1) is 0 Å². The molecule has 3 rings (SSSR count). The Bertz CT molecular complexity index is 761. The van der Waals surface area contributed by atoms with E-state index >= 15 is 0 Å². The van der Waals surface area contributed by atoms with Gasteiger partial charge >= 0.3 is 5.97 Å². The molecular weight excluding hydrogens is 352 g/mol. The van der Waals surface area contributed by atoms with Gasteiger partial charge in [0.15, 0.2) is 6.10 Å². The molecular formula is C19H22N2O6. The minimum Gasteiger partial charge on any atom is -0.452 e. The fourth-order valence-electron chi connectivity index (χ4n) is 3.97. The standard InChI is InChI=1S/C19H22N2O6/c1-11(18(23)20-15-7-2-3-8-16(15)21(25)26)27-19(24)14-9-12-5-4-6-13(10-14)17(12)22/h2-3,7-8,11-14H,4-6,9-10H2,1H3,(H,20,23)/t11-,12-,13-/m0/s1. The third-order valence-electron chi connectivity index (χ3n) is 5.40. The van der Waals surface area contributed by atoms with Crippen molar-refractivity contribution in [2.45, 2.75) is 45.1 Å². The predicted molar refractivity (Wildman–Crippen MR) is 95.8 cm³/mol. The van der Waals surface area contributed by atoms with Crippen LogP contribution in [-0.4, -0.2) is 28.7 Å². The summed E-state index contributed by atoms with van der Waals surface area (Å²) >= 11 is 0. The second kappa shape index (κ2) is 7.85. The lowest BCUT2D eigenvalue weighted by molar-refractivity contribution is -0.383. The first-order valence-electron chi connectivity index (χ1n) is 9.15. The van der Waals surface area contributed by atoms with Gasteiger partial charge in [0.25, 0.3) is 11.6 Å². The van der Waals surface area contributed by atoms with Crippen molar-refractivity contribution < 1.29 is 24.0 Å². The highest BCUT2D eigenvalue weighted by Crippen LogP contribution is 2.40. The zero-order valence-corrected chi connectivity index (χ0v) is 15.1. The largest absolute Gasteiger partial charge is 0.452 e. The first kappa shape index (κ1) is 19.0. The summed E-state index contributed by atoms with van der Waals surface area (Å²) in [5.41, 5.74) is -0.184. The molecule has 0 aromatic heterocycles. The van der Waals surface area contributed by atoms with Gasteiger partial charge < -0.3 is 10.1 Å². The molecule has 1 amide bonds. The second-order valence-electron chi connectivity index (χ2n) is 7.24. The number of carbonyl (C=O) groups is 3. The van der Waals surface area contributed by atoms with Crippen LogP contribution in [0.3, 0.4) is 0 Å². The number of esters is 1. The number of fused-ring (bicyclic) bond motifs is 2. The lowest BCUT2D eigenvalue weighted by atomic mass is 9.67. The minimum atomic E-state index is -1.09. The van der Waals surface area contributed by atoms with Crippen LogP contribution < -0.4 is 5.32 Å². The Morgan fingerprint density at radius 2 is 1.85 bits per heavy atom. The SMILES string of the molecule is C[C@H](OC(=O)C1C[C@@H]2CCC[C@@H](C1)C2=O)C(=O)Nc1ccccc1[N+](=O)[O-]. The number of nitrogens with zero attached hydrogens (tertiary/aromatic N) is 1. The van der Waals surface area contributed by atoms with Crippen molar-refractivity contribution >= 4 is 29.0 Å². The third-order valence-corrected chi connectivity index (χ3v) is 5.40. The molecule has 0 spiro atoms. The number of benzene rings is 1. The number of amides is 1. The molecule has 144 valence electrons. The first-order valence-corrected chi connectivity index (χ1v) is 9.15. The molecule has 2 aliphatic carbocycles. The second-order valence-corrected chi connectivity index (χ2v) is 7.24. The Kier molecular flexibility index (Phi) is 5.53. The van der Waals surface area contributed by atoms with Gasteiger partial charge in [0.05, 0.1) is 10.8 Å². The monoisotopic (exact) mass is 374 g/mol.